The molecule has 0 atom stereocenters. The first-order valence-corrected chi connectivity index (χ1v) is 9.47. The molecule has 1 heterocycles. The van der Waals surface area contributed by atoms with Crippen LogP contribution >= 0.6 is 11.6 Å². The van der Waals surface area contributed by atoms with Gasteiger partial charge in [0, 0.05) is 28.3 Å². The van der Waals surface area contributed by atoms with Gasteiger partial charge in [-0.1, -0.05) is 60.1 Å². The molecule has 0 amide bonds. The van der Waals surface area contributed by atoms with Gasteiger partial charge in [0.15, 0.2) is 0 Å². The Morgan fingerprint density at radius 3 is 2.64 bits per heavy atom. The summed E-state index contributed by atoms with van der Waals surface area (Å²) in [7, 11) is 0. The Morgan fingerprint density at radius 2 is 1.75 bits per heavy atom. The van der Waals surface area contributed by atoms with Crippen LogP contribution in [0.4, 0.5) is 11.4 Å². The molecule has 4 heteroatoms. The molecule has 0 saturated heterocycles. The quantitative estimate of drug-likeness (QED) is 0.399. The van der Waals surface area contributed by atoms with Gasteiger partial charge in [-0.15, -0.1) is 0 Å². The van der Waals surface area contributed by atoms with Crippen LogP contribution in [0.25, 0.3) is 23.1 Å². The number of hydrogen-bond acceptors (Lipinski definition) is 3. The molecule has 4 aromatic rings. The van der Waals surface area contributed by atoms with E-state index in [-0.39, 0.29) is 0 Å². The molecule has 3 aromatic carbocycles. The van der Waals surface area contributed by atoms with E-state index >= 15 is 0 Å². The summed E-state index contributed by atoms with van der Waals surface area (Å²) < 4.78 is 0. The van der Waals surface area contributed by atoms with Crippen LogP contribution in [-0.4, -0.2) is 4.98 Å². The number of halogens is 1. The molecular weight excluding hydrogens is 366 g/mol. The van der Waals surface area contributed by atoms with E-state index in [0.29, 0.717) is 11.6 Å². The Balaban J connectivity index is 1.49. The molecule has 0 fully saturated rings. The molecule has 0 aliphatic rings. The van der Waals surface area contributed by atoms with E-state index in [1.807, 2.05) is 66.7 Å². The first-order chi connectivity index (χ1) is 13.7. The van der Waals surface area contributed by atoms with Gasteiger partial charge in [0.1, 0.15) is 0 Å². The van der Waals surface area contributed by atoms with E-state index in [1.54, 1.807) is 0 Å². The van der Waals surface area contributed by atoms with Gasteiger partial charge in [0.05, 0.1) is 11.2 Å². The largest absolute Gasteiger partial charge is 0.398 e. The van der Waals surface area contributed by atoms with Gasteiger partial charge in [0.25, 0.3) is 0 Å². The Labute approximate surface area is 169 Å². The summed E-state index contributed by atoms with van der Waals surface area (Å²) in [4.78, 5) is 4.66. The minimum Gasteiger partial charge on any atom is -0.398 e. The minimum atomic E-state index is 0.687. The van der Waals surface area contributed by atoms with E-state index < -0.39 is 0 Å². The molecule has 0 unspecified atom stereocenters. The van der Waals surface area contributed by atoms with Crippen molar-refractivity contribution in [1.82, 2.24) is 4.98 Å². The van der Waals surface area contributed by atoms with Crippen molar-refractivity contribution in [1.29, 1.82) is 0 Å². The lowest BCUT2D eigenvalue weighted by molar-refractivity contribution is 1.15. The topological polar surface area (TPSA) is 50.9 Å². The van der Waals surface area contributed by atoms with Gasteiger partial charge >= 0.3 is 0 Å². The zero-order chi connectivity index (χ0) is 19.3. The summed E-state index contributed by atoms with van der Waals surface area (Å²) in [5.74, 6) is 0. The zero-order valence-corrected chi connectivity index (χ0v) is 16.0. The Kier molecular flexibility index (Phi) is 5.27. The number of fused-ring (bicyclic) bond motifs is 1. The monoisotopic (exact) mass is 385 g/mol. The summed E-state index contributed by atoms with van der Waals surface area (Å²) in [6.45, 7) is 0.687. The average molecular weight is 386 g/mol. The molecular formula is C24H20ClN3. The van der Waals surface area contributed by atoms with Crippen LogP contribution in [0.3, 0.4) is 0 Å². The van der Waals surface area contributed by atoms with Gasteiger partial charge in [-0.3, -0.25) is 0 Å². The van der Waals surface area contributed by atoms with Crippen molar-refractivity contribution in [2.75, 3.05) is 11.1 Å². The van der Waals surface area contributed by atoms with Crippen LogP contribution in [0.1, 0.15) is 16.8 Å². The Morgan fingerprint density at radius 1 is 0.893 bits per heavy atom. The number of nitrogen functional groups attached to an aromatic ring is 1. The first kappa shape index (κ1) is 18.1. The molecule has 3 nitrogen and oxygen atoms in total. The van der Waals surface area contributed by atoms with Crippen molar-refractivity contribution >= 4 is 46.0 Å². The maximum absolute atomic E-state index is 6.07. The van der Waals surface area contributed by atoms with Crippen LogP contribution in [0.2, 0.25) is 5.02 Å². The number of nitrogens with two attached hydrogens (primary N) is 1. The molecule has 0 saturated carbocycles. The number of nitrogens with one attached hydrogen (secondary N) is 1. The number of aromatic nitrogens is 1. The van der Waals surface area contributed by atoms with Gasteiger partial charge in [-0.05, 0) is 53.6 Å². The summed E-state index contributed by atoms with van der Waals surface area (Å²) in [6.07, 6.45) is 4.06. The van der Waals surface area contributed by atoms with Crippen molar-refractivity contribution in [3.05, 3.63) is 101 Å². The van der Waals surface area contributed by atoms with Crippen LogP contribution in [0.15, 0.2) is 78.9 Å². The zero-order valence-electron chi connectivity index (χ0n) is 15.3. The fourth-order valence-corrected chi connectivity index (χ4v) is 3.19. The third kappa shape index (κ3) is 4.33. The normalized spacial score (nSPS) is 11.2. The highest BCUT2D eigenvalue weighted by Gasteiger charge is 2.00. The lowest BCUT2D eigenvalue weighted by Gasteiger charge is -2.09. The number of anilines is 2. The number of pyridine rings is 1. The van der Waals surface area contributed by atoms with Crippen molar-refractivity contribution in [2.45, 2.75) is 6.54 Å². The summed E-state index contributed by atoms with van der Waals surface area (Å²) in [5.41, 5.74) is 11.8. The van der Waals surface area contributed by atoms with Crippen molar-refractivity contribution < 1.29 is 0 Å². The second-order valence-corrected chi connectivity index (χ2v) is 7.02. The number of para-hydroxylation sites is 1. The van der Waals surface area contributed by atoms with E-state index in [4.69, 9.17) is 17.3 Å². The molecule has 3 N–H and O–H groups in total. The lowest BCUT2D eigenvalue weighted by atomic mass is 10.1. The average Bonchev–Trinajstić information content (AvgIpc) is 2.71. The highest BCUT2D eigenvalue weighted by atomic mass is 35.5. The molecule has 1 aromatic heterocycles. The standard InChI is InChI=1S/C24H20ClN3/c25-20-11-9-18-10-13-21(28-24(18)15-20)12-8-17-4-3-6-22(14-17)27-16-19-5-1-2-7-23(19)26/h1-15,27H,16,26H2/b12-8+. The third-order valence-corrected chi connectivity index (χ3v) is 4.78. The number of hydrogen-bond donors (Lipinski definition) is 2. The van der Waals surface area contributed by atoms with Gasteiger partial charge < -0.3 is 11.1 Å². The number of rotatable bonds is 5. The Bertz CT molecular complexity index is 1150. The van der Waals surface area contributed by atoms with E-state index in [0.717, 1.165) is 39.1 Å². The van der Waals surface area contributed by atoms with Gasteiger partial charge in [-0.2, -0.15) is 0 Å². The summed E-state index contributed by atoms with van der Waals surface area (Å²) in [6, 6.07) is 25.9. The molecule has 0 radical (unpaired) electrons. The molecule has 0 aliphatic heterocycles. The second-order valence-electron chi connectivity index (χ2n) is 6.58. The second kappa shape index (κ2) is 8.15. The summed E-state index contributed by atoms with van der Waals surface area (Å²) >= 11 is 6.07. The van der Waals surface area contributed by atoms with E-state index in [9.17, 15) is 0 Å². The lowest BCUT2D eigenvalue weighted by Crippen LogP contribution is -2.02. The van der Waals surface area contributed by atoms with E-state index in [1.165, 1.54) is 0 Å². The Hall–Kier alpha value is -3.30. The fraction of sp³-hybridized carbons (Fsp3) is 0.0417. The van der Waals surface area contributed by atoms with Crippen LogP contribution in [0, 0.1) is 0 Å². The maximum Gasteiger partial charge on any atom is 0.0724 e. The predicted octanol–water partition coefficient (Wildman–Crippen LogP) is 6.25. The predicted molar refractivity (Wildman–Crippen MR) is 120 cm³/mol. The molecule has 138 valence electrons. The van der Waals surface area contributed by atoms with Crippen molar-refractivity contribution in [3.8, 4) is 0 Å². The third-order valence-electron chi connectivity index (χ3n) is 4.55. The van der Waals surface area contributed by atoms with Gasteiger partial charge in [0.2, 0.25) is 0 Å². The molecule has 28 heavy (non-hydrogen) atoms. The smallest absolute Gasteiger partial charge is 0.0724 e. The first-order valence-electron chi connectivity index (χ1n) is 9.09. The van der Waals surface area contributed by atoms with E-state index in [2.05, 4.69) is 34.6 Å². The molecule has 0 spiro atoms. The van der Waals surface area contributed by atoms with Crippen molar-refractivity contribution in [3.63, 3.8) is 0 Å². The van der Waals surface area contributed by atoms with Crippen LogP contribution in [-0.2, 0) is 6.54 Å². The number of nitrogens with zero attached hydrogens (tertiary/aromatic N) is 1. The van der Waals surface area contributed by atoms with Crippen molar-refractivity contribution in [2.24, 2.45) is 0 Å². The number of benzene rings is 3. The molecule has 4 rings (SSSR count). The minimum absolute atomic E-state index is 0.687. The summed E-state index contributed by atoms with van der Waals surface area (Å²) in [5, 5.41) is 5.20. The molecule has 0 bridgehead atoms. The SMILES string of the molecule is Nc1ccccc1CNc1cccc(/C=C/c2ccc3ccc(Cl)cc3n2)c1. The highest BCUT2D eigenvalue weighted by molar-refractivity contribution is 6.31. The van der Waals surface area contributed by atoms with Gasteiger partial charge in [-0.25, -0.2) is 4.98 Å². The fourth-order valence-electron chi connectivity index (χ4n) is 3.03. The highest BCUT2D eigenvalue weighted by Crippen LogP contribution is 2.20. The van der Waals surface area contributed by atoms with Crippen LogP contribution < -0.4 is 11.1 Å². The molecule has 0 aliphatic carbocycles. The van der Waals surface area contributed by atoms with Crippen LogP contribution in [0.5, 0.6) is 0 Å². The maximum atomic E-state index is 6.07.